The molecule has 0 aromatic carbocycles. The van der Waals surface area contributed by atoms with Crippen LogP contribution in [0.15, 0.2) is 40.9 Å². The van der Waals surface area contributed by atoms with Crippen LogP contribution < -0.4 is 0 Å². The third-order valence-corrected chi connectivity index (χ3v) is 7.30. The number of esters is 1. The molecule has 0 unspecified atom stereocenters. The first-order valence-corrected chi connectivity index (χ1v) is 14.6. The van der Waals surface area contributed by atoms with Gasteiger partial charge in [-0.2, -0.15) is 0 Å². The predicted octanol–water partition coefficient (Wildman–Crippen LogP) is 8.58. The monoisotopic (exact) mass is 521 g/mol. The average molecular weight is 522 g/mol. The summed E-state index contributed by atoms with van der Waals surface area (Å²) in [6.45, 7) is 6.59. The van der Waals surface area contributed by atoms with Gasteiger partial charge in [-0.05, 0) is 44.0 Å². The third kappa shape index (κ3) is 8.78. The summed E-state index contributed by atoms with van der Waals surface area (Å²) in [7, 11) is 1.64. The van der Waals surface area contributed by atoms with Crippen molar-refractivity contribution in [1.82, 2.24) is 9.97 Å². The molecule has 208 valence electrons. The number of aryl methyl sites for hydroxylation is 1. The van der Waals surface area contributed by atoms with E-state index in [1.54, 1.807) is 7.11 Å². The summed E-state index contributed by atoms with van der Waals surface area (Å²) >= 11 is 0. The number of hydrogen-bond donors (Lipinski definition) is 2. The van der Waals surface area contributed by atoms with Crippen molar-refractivity contribution < 1.29 is 14.3 Å². The minimum atomic E-state index is -0.260. The molecule has 6 nitrogen and oxygen atoms in total. The number of rotatable bonds is 18. The Hall–Kier alpha value is -3.02. The molecule has 0 atom stereocenters. The van der Waals surface area contributed by atoms with Crippen molar-refractivity contribution in [2.75, 3.05) is 13.7 Å². The quantitative estimate of drug-likeness (QED) is 0.152. The molecule has 0 radical (unpaired) electrons. The number of aromatic amines is 2. The van der Waals surface area contributed by atoms with Gasteiger partial charge >= 0.3 is 5.97 Å². The first-order chi connectivity index (χ1) is 18.5. The molecule has 0 saturated carbocycles. The molecule has 3 rings (SSSR count). The standard InChI is InChI=1S/C32H47N3O3/c1-5-6-7-8-9-10-11-12-13-14-15-16-17-21-38-32(36)31-24(2)27(34-25(31)3)22-29-30(37-4)23-28(35-29)26-19-18-20-33-26/h18-20,22-23,33-34H,5-17,21H2,1-4H3/b29-22-. The van der Waals surface area contributed by atoms with Gasteiger partial charge in [0.05, 0.1) is 30.7 Å². The third-order valence-electron chi connectivity index (χ3n) is 7.30. The summed E-state index contributed by atoms with van der Waals surface area (Å²) in [6, 6.07) is 3.91. The summed E-state index contributed by atoms with van der Waals surface area (Å²) in [6.07, 6.45) is 22.6. The number of carbonyl (C=O) groups excluding carboxylic acids is 1. The maximum atomic E-state index is 12.9. The van der Waals surface area contributed by atoms with Gasteiger partial charge in [-0.15, -0.1) is 0 Å². The Morgan fingerprint density at radius 2 is 1.58 bits per heavy atom. The number of carbonyl (C=O) groups is 1. The number of hydrogen-bond acceptors (Lipinski definition) is 4. The maximum absolute atomic E-state index is 12.9. The molecule has 2 N–H and O–H groups in total. The average Bonchev–Trinajstić information content (AvgIpc) is 3.64. The zero-order valence-electron chi connectivity index (χ0n) is 24.0. The summed E-state index contributed by atoms with van der Waals surface area (Å²) in [4.78, 5) is 24.1. The number of methoxy groups -OCH3 is 1. The number of nitrogens with one attached hydrogen (secondary N) is 2. The minimum absolute atomic E-state index is 0.260. The number of allylic oxidation sites excluding steroid dienone is 1. The van der Waals surface area contributed by atoms with Crippen LogP contribution in [0, 0.1) is 13.8 Å². The van der Waals surface area contributed by atoms with E-state index in [4.69, 9.17) is 14.5 Å². The van der Waals surface area contributed by atoms with Gasteiger partial charge < -0.3 is 19.4 Å². The predicted molar refractivity (Wildman–Crippen MR) is 157 cm³/mol. The Morgan fingerprint density at radius 3 is 2.16 bits per heavy atom. The second-order valence-electron chi connectivity index (χ2n) is 10.4. The summed E-state index contributed by atoms with van der Waals surface area (Å²) in [5.74, 6) is 0.428. The van der Waals surface area contributed by atoms with E-state index in [9.17, 15) is 4.79 Å². The van der Waals surface area contributed by atoms with Crippen LogP contribution in [0.3, 0.4) is 0 Å². The number of H-pyrrole nitrogens is 2. The molecule has 38 heavy (non-hydrogen) atoms. The highest BCUT2D eigenvalue weighted by Gasteiger charge is 2.21. The fraction of sp³-hybridized carbons (Fsp3) is 0.562. The van der Waals surface area contributed by atoms with E-state index >= 15 is 0 Å². The van der Waals surface area contributed by atoms with Crippen LogP contribution in [-0.4, -0.2) is 35.4 Å². The minimum Gasteiger partial charge on any atom is -0.494 e. The molecular formula is C32H47N3O3. The van der Waals surface area contributed by atoms with E-state index < -0.39 is 0 Å². The second-order valence-corrected chi connectivity index (χ2v) is 10.4. The largest absolute Gasteiger partial charge is 0.494 e. The van der Waals surface area contributed by atoms with Gasteiger partial charge in [-0.3, -0.25) is 0 Å². The molecule has 2 aromatic rings. The second kappa shape index (κ2) is 16.1. The first kappa shape index (κ1) is 29.5. The lowest BCUT2D eigenvalue weighted by Gasteiger charge is -2.06. The van der Waals surface area contributed by atoms with E-state index in [1.165, 1.54) is 70.6 Å². The summed E-state index contributed by atoms with van der Waals surface area (Å²) < 4.78 is 11.2. The molecular weight excluding hydrogens is 474 g/mol. The van der Waals surface area contributed by atoms with Crippen LogP contribution in [0.5, 0.6) is 0 Å². The van der Waals surface area contributed by atoms with E-state index in [0.29, 0.717) is 23.6 Å². The summed E-state index contributed by atoms with van der Waals surface area (Å²) in [5.41, 5.74) is 5.58. The van der Waals surface area contributed by atoms with Gasteiger partial charge in [-0.1, -0.05) is 84.0 Å². The van der Waals surface area contributed by atoms with Crippen molar-refractivity contribution in [2.24, 2.45) is 4.99 Å². The molecule has 0 aliphatic carbocycles. The van der Waals surface area contributed by atoms with Crippen molar-refractivity contribution in [3.8, 4) is 0 Å². The smallest absolute Gasteiger partial charge is 0.340 e. The molecule has 3 heterocycles. The summed E-state index contributed by atoms with van der Waals surface area (Å²) in [5, 5.41) is 0. The maximum Gasteiger partial charge on any atom is 0.340 e. The Morgan fingerprint density at radius 1 is 0.947 bits per heavy atom. The molecule has 0 spiro atoms. The van der Waals surface area contributed by atoms with Crippen LogP contribution in [0.2, 0.25) is 0 Å². The van der Waals surface area contributed by atoms with Crippen molar-refractivity contribution in [2.45, 2.75) is 104 Å². The number of aromatic nitrogens is 2. The highest BCUT2D eigenvalue weighted by molar-refractivity contribution is 6.11. The lowest BCUT2D eigenvalue weighted by atomic mass is 10.0. The molecule has 1 aliphatic rings. The molecule has 0 bridgehead atoms. The SMILES string of the molecule is CCCCCCCCCCCCCCCOC(=O)c1c(C)[nH]c(/C=C2\N=C(c3ccc[nH]3)C=C2OC)c1C. The van der Waals surface area contributed by atoms with E-state index in [0.717, 1.165) is 41.2 Å². The Balaban J connectivity index is 1.38. The fourth-order valence-electron chi connectivity index (χ4n) is 5.03. The number of unbranched alkanes of at least 4 members (excludes halogenated alkanes) is 12. The van der Waals surface area contributed by atoms with Crippen molar-refractivity contribution in [3.63, 3.8) is 0 Å². The van der Waals surface area contributed by atoms with Crippen LogP contribution in [0.4, 0.5) is 0 Å². The zero-order chi connectivity index (χ0) is 27.2. The normalized spacial score (nSPS) is 14.2. The number of nitrogens with zero attached hydrogens (tertiary/aromatic N) is 1. The topological polar surface area (TPSA) is 79.5 Å². The van der Waals surface area contributed by atoms with Crippen LogP contribution in [0.25, 0.3) is 6.08 Å². The van der Waals surface area contributed by atoms with Crippen LogP contribution in [-0.2, 0) is 9.47 Å². The first-order valence-electron chi connectivity index (χ1n) is 14.6. The Kier molecular flexibility index (Phi) is 12.5. The molecule has 0 saturated heterocycles. The highest BCUT2D eigenvalue weighted by atomic mass is 16.5. The zero-order valence-corrected chi connectivity index (χ0v) is 24.0. The van der Waals surface area contributed by atoms with Crippen molar-refractivity contribution in [3.05, 3.63) is 64.1 Å². The van der Waals surface area contributed by atoms with Crippen molar-refractivity contribution >= 4 is 17.8 Å². The van der Waals surface area contributed by atoms with Crippen LogP contribution >= 0.6 is 0 Å². The molecule has 0 fully saturated rings. The van der Waals surface area contributed by atoms with Crippen LogP contribution in [0.1, 0.15) is 123 Å². The molecule has 6 heteroatoms. The van der Waals surface area contributed by atoms with E-state index in [1.807, 2.05) is 44.3 Å². The Labute approximate surface area is 229 Å². The lowest BCUT2D eigenvalue weighted by Crippen LogP contribution is -2.08. The molecule has 1 aliphatic heterocycles. The van der Waals surface area contributed by atoms with Gasteiger partial charge in [0.25, 0.3) is 0 Å². The van der Waals surface area contributed by atoms with Gasteiger partial charge in [-0.25, -0.2) is 9.79 Å². The van der Waals surface area contributed by atoms with E-state index in [2.05, 4.69) is 16.9 Å². The van der Waals surface area contributed by atoms with Gasteiger partial charge in [0.2, 0.25) is 0 Å². The number of aliphatic imine (C=N–C) groups is 1. The van der Waals surface area contributed by atoms with Gasteiger partial charge in [0.1, 0.15) is 11.5 Å². The molecule has 2 aromatic heterocycles. The highest BCUT2D eigenvalue weighted by Crippen LogP contribution is 2.27. The van der Waals surface area contributed by atoms with Crippen molar-refractivity contribution in [1.29, 1.82) is 0 Å². The fourth-order valence-corrected chi connectivity index (χ4v) is 5.03. The molecule has 0 amide bonds. The number of ether oxygens (including phenoxy) is 2. The van der Waals surface area contributed by atoms with Gasteiger partial charge in [0, 0.05) is 23.7 Å². The lowest BCUT2D eigenvalue weighted by molar-refractivity contribution is 0.0496. The van der Waals surface area contributed by atoms with Gasteiger partial charge in [0.15, 0.2) is 0 Å². The Bertz CT molecular complexity index is 1090. The van der Waals surface area contributed by atoms with E-state index in [-0.39, 0.29) is 5.97 Å².